The summed E-state index contributed by atoms with van der Waals surface area (Å²) in [6.45, 7) is 0. The van der Waals surface area contributed by atoms with Crippen LogP contribution in [0.2, 0.25) is 10.4 Å². The van der Waals surface area contributed by atoms with Crippen molar-refractivity contribution in [2.75, 3.05) is 0 Å². The summed E-state index contributed by atoms with van der Waals surface area (Å²) in [5.74, 6) is 0.291. The van der Waals surface area contributed by atoms with Crippen molar-refractivity contribution >= 4 is 35.0 Å². The molecule has 1 aromatic rings. The van der Waals surface area contributed by atoms with Gasteiger partial charge in [-0.2, -0.15) is 0 Å². The zero-order valence-corrected chi connectivity index (χ0v) is 9.85. The van der Waals surface area contributed by atoms with Crippen molar-refractivity contribution in [1.82, 2.24) is 9.97 Å². The summed E-state index contributed by atoms with van der Waals surface area (Å²) in [6.07, 6.45) is 8.36. The highest BCUT2D eigenvalue weighted by Crippen LogP contribution is 2.49. The van der Waals surface area contributed by atoms with E-state index in [2.05, 4.69) is 22.1 Å². The van der Waals surface area contributed by atoms with Crippen molar-refractivity contribution in [1.29, 1.82) is 0 Å². The Hall–Kier alpha value is -0.510. The molecule has 0 amide bonds. The van der Waals surface area contributed by atoms with E-state index in [1.54, 1.807) is 11.8 Å². The first-order chi connectivity index (χ1) is 7.25. The third-order valence-corrected chi connectivity index (χ3v) is 4.22. The minimum Gasteiger partial charge on any atom is -0.211 e. The minimum absolute atomic E-state index is 0.220. The Kier molecular flexibility index (Phi) is 2.27. The molecule has 0 saturated heterocycles. The van der Waals surface area contributed by atoms with Gasteiger partial charge in [-0.05, 0) is 11.6 Å². The monoisotopic (exact) mass is 256 g/mol. The maximum atomic E-state index is 6.09. The summed E-state index contributed by atoms with van der Waals surface area (Å²) in [4.78, 5) is 8.19. The molecule has 2 aliphatic rings. The van der Waals surface area contributed by atoms with E-state index in [1.807, 2.05) is 12.2 Å². The van der Waals surface area contributed by atoms with Gasteiger partial charge < -0.3 is 0 Å². The van der Waals surface area contributed by atoms with Gasteiger partial charge in [0.1, 0.15) is 10.2 Å². The number of halogens is 2. The highest BCUT2D eigenvalue weighted by atomic mass is 35.5. The molecule has 2 heterocycles. The second kappa shape index (κ2) is 3.51. The van der Waals surface area contributed by atoms with Gasteiger partial charge in [0.15, 0.2) is 0 Å². The van der Waals surface area contributed by atoms with Gasteiger partial charge in [-0.25, -0.2) is 9.97 Å². The lowest BCUT2D eigenvalue weighted by Crippen LogP contribution is -2.07. The molecule has 2 nitrogen and oxygen atoms in total. The van der Waals surface area contributed by atoms with E-state index in [4.69, 9.17) is 23.2 Å². The lowest BCUT2D eigenvalue weighted by molar-refractivity contribution is 0.850. The maximum absolute atomic E-state index is 6.09. The quantitative estimate of drug-likeness (QED) is 0.525. The summed E-state index contributed by atoms with van der Waals surface area (Å²) in [6, 6.07) is 0. The number of rotatable bonds is 0. The number of hydrogen-bond acceptors (Lipinski definition) is 3. The predicted molar refractivity (Wildman–Crippen MR) is 62.7 cm³/mol. The standard InChI is InChI=1S/C10H6Cl2N2S/c11-8-7-5-3-1-2-4-6(5)15-9(7)14-10(12)13-8/h1-6H. The minimum atomic E-state index is 0.220. The lowest BCUT2D eigenvalue weighted by Gasteiger charge is -2.14. The second-order valence-corrected chi connectivity index (χ2v) is 5.24. The van der Waals surface area contributed by atoms with Gasteiger partial charge in [0.2, 0.25) is 5.28 Å². The molecule has 0 radical (unpaired) electrons. The van der Waals surface area contributed by atoms with Crippen LogP contribution in [-0.2, 0) is 0 Å². The average Bonchev–Trinajstić information content (AvgIpc) is 2.54. The largest absolute Gasteiger partial charge is 0.224 e. The molecule has 0 spiro atoms. The summed E-state index contributed by atoms with van der Waals surface area (Å²) >= 11 is 13.5. The fourth-order valence-electron chi connectivity index (χ4n) is 1.86. The molecule has 0 saturated carbocycles. The number of hydrogen-bond donors (Lipinski definition) is 0. The molecule has 15 heavy (non-hydrogen) atoms. The van der Waals surface area contributed by atoms with Crippen LogP contribution in [-0.4, -0.2) is 15.2 Å². The zero-order chi connectivity index (χ0) is 10.4. The van der Waals surface area contributed by atoms with E-state index in [-0.39, 0.29) is 5.28 Å². The smallest absolute Gasteiger partial charge is 0.211 e. The highest BCUT2D eigenvalue weighted by Gasteiger charge is 2.35. The van der Waals surface area contributed by atoms with Crippen LogP contribution in [0.15, 0.2) is 29.3 Å². The van der Waals surface area contributed by atoms with Crippen LogP contribution < -0.4 is 0 Å². The van der Waals surface area contributed by atoms with E-state index in [9.17, 15) is 0 Å². The van der Waals surface area contributed by atoms with E-state index in [0.29, 0.717) is 16.3 Å². The van der Waals surface area contributed by atoms with Crippen LogP contribution in [0.1, 0.15) is 11.5 Å². The Labute approximate surface area is 101 Å². The van der Waals surface area contributed by atoms with Crippen molar-refractivity contribution < 1.29 is 0 Å². The first-order valence-electron chi connectivity index (χ1n) is 4.50. The Balaban J connectivity index is 2.17. The number of aromatic nitrogens is 2. The van der Waals surface area contributed by atoms with Crippen molar-refractivity contribution in [2.45, 2.75) is 16.2 Å². The maximum Gasteiger partial charge on any atom is 0.224 e. The van der Waals surface area contributed by atoms with Crippen LogP contribution in [0, 0.1) is 0 Å². The van der Waals surface area contributed by atoms with Gasteiger partial charge >= 0.3 is 0 Å². The SMILES string of the molecule is Clc1nc(Cl)c2c(n1)SC1C=CC=CC21. The number of fused-ring (bicyclic) bond motifs is 3. The van der Waals surface area contributed by atoms with Crippen molar-refractivity contribution in [3.63, 3.8) is 0 Å². The molecule has 1 aliphatic heterocycles. The zero-order valence-electron chi connectivity index (χ0n) is 7.52. The van der Waals surface area contributed by atoms with E-state index in [1.165, 1.54) is 0 Å². The summed E-state index contributed by atoms with van der Waals surface area (Å²) < 4.78 is 0. The predicted octanol–water partition coefficient (Wildman–Crippen LogP) is 3.47. The summed E-state index contributed by atoms with van der Waals surface area (Å²) in [5.41, 5.74) is 1.01. The van der Waals surface area contributed by atoms with Crippen molar-refractivity contribution in [3.05, 3.63) is 40.3 Å². The number of allylic oxidation sites excluding steroid dienone is 3. The highest BCUT2D eigenvalue weighted by molar-refractivity contribution is 8.00. The van der Waals surface area contributed by atoms with Crippen LogP contribution in [0.25, 0.3) is 0 Å². The molecule has 3 rings (SSSR count). The molecule has 0 fully saturated rings. The number of thioether (sulfide) groups is 1. The van der Waals surface area contributed by atoms with Crippen LogP contribution >= 0.6 is 35.0 Å². The van der Waals surface area contributed by atoms with Gasteiger partial charge in [0, 0.05) is 16.7 Å². The molecule has 0 bridgehead atoms. The Morgan fingerprint density at radius 2 is 1.93 bits per heavy atom. The molecule has 5 heteroatoms. The van der Waals surface area contributed by atoms with E-state index in [0.717, 1.165) is 10.6 Å². The molecular formula is C10H6Cl2N2S. The second-order valence-electron chi connectivity index (χ2n) is 3.38. The average molecular weight is 257 g/mol. The van der Waals surface area contributed by atoms with E-state index >= 15 is 0 Å². The third kappa shape index (κ3) is 1.50. The summed E-state index contributed by atoms with van der Waals surface area (Å²) in [7, 11) is 0. The van der Waals surface area contributed by atoms with Gasteiger partial charge in [-0.15, -0.1) is 0 Å². The van der Waals surface area contributed by atoms with Gasteiger partial charge in [0.25, 0.3) is 0 Å². The Morgan fingerprint density at radius 3 is 2.80 bits per heavy atom. The van der Waals surface area contributed by atoms with Crippen molar-refractivity contribution in [3.8, 4) is 0 Å². The van der Waals surface area contributed by atoms with Crippen molar-refractivity contribution in [2.24, 2.45) is 0 Å². The van der Waals surface area contributed by atoms with Crippen LogP contribution in [0.3, 0.4) is 0 Å². The molecule has 0 N–H and O–H groups in total. The molecule has 1 aromatic heterocycles. The topological polar surface area (TPSA) is 25.8 Å². The lowest BCUT2D eigenvalue weighted by atomic mass is 9.95. The van der Waals surface area contributed by atoms with E-state index < -0.39 is 0 Å². The molecule has 76 valence electrons. The fraction of sp³-hybridized carbons (Fsp3) is 0.200. The Morgan fingerprint density at radius 1 is 1.13 bits per heavy atom. The van der Waals surface area contributed by atoms with Gasteiger partial charge in [-0.1, -0.05) is 47.7 Å². The Bertz CT molecular complexity index is 485. The molecule has 2 unspecified atom stereocenters. The molecule has 2 atom stereocenters. The molecular weight excluding hydrogens is 251 g/mol. The fourth-order valence-corrected chi connectivity index (χ4v) is 3.77. The van der Waals surface area contributed by atoms with Gasteiger partial charge in [-0.3, -0.25) is 0 Å². The third-order valence-electron chi connectivity index (χ3n) is 2.50. The van der Waals surface area contributed by atoms with Crippen LogP contribution in [0.5, 0.6) is 0 Å². The first-order valence-corrected chi connectivity index (χ1v) is 6.14. The number of nitrogens with zero attached hydrogens (tertiary/aromatic N) is 2. The molecule has 1 aliphatic carbocycles. The molecule has 0 aromatic carbocycles. The van der Waals surface area contributed by atoms with Crippen LogP contribution in [0.4, 0.5) is 0 Å². The first kappa shape index (κ1) is 9.70. The normalized spacial score (nSPS) is 26.5. The summed E-state index contributed by atoms with van der Waals surface area (Å²) in [5, 5.41) is 1.99. The van der Waals surface area contributed by atoms with Gasteiger partial charge in [0.05, 0.1) is 0 Å².